The zero-order valence-electron chi connectivity index (χ0n) is 11.9. The van der Waals surface area contributed by atoms with Crippen molar-refractivity contribution >= 4 is 28.6 Å². The maximum atomic E-state index is 12.3. The van der Waals surface area contributed by atoms with Crippen LogP contribution in [0.15, 0.2) is 53.6 Å². The third kappa shape index (κ3) is 4.22. The molecule has 0 aromatic heterocycles. The van der Waals surface area contributed by atoms with Crippen molar-refractivity contribution in [3.05, 3.63) is 79.2 Å². The maximum Gasteiger partial charge on any atom is 0.339 e. The third-order valence-corrected chi connectivity index (χ3v) is 4.04. The van der Waals surface area contributed by atoms with Gasteiger partial charge in [0.1, 0.15) is 6.10 Å². The van der Waals surface area contributed by atoms with E-state index in [1.54, 1.807) is 12.1 Å². The Bertz CT molecular complexity index is 710. The van der Waals surface area contributed by atoms with Gasteiger partial charge in [-0.05, 0) is 52.7 Å². The Hall–Kier alpha value is -2.05. The fourth-order valence-corrected chi connectivity index (χ4v) is 2.53. The summed E-state index contributed by atoms with van der Waals surface area (Å²) in [5, 5.41) is 3.54. The highest BCUT2D eigenvalue weighted by Crippen LogP contribution is 2.22. The van der Waals surface area contributed by atoms with Crippen LogP contribution in [0.2, 0.25) is 0 Å². The lowest BCUT2D eigenvalue weighted by atomic mass is 10.1. The molecule has 2 aromatic carbocycles. The largest absolute Gasteiger partial charge is 0.454 e. The molecule has 0 saturated heterocycles. The predicted molar refractivity (Wildman–Crippen MR) is 92.5 cm³/mol. The lowest BCUT2D eigenvalue weighted by Gasteiger charge is -2.17. The normalized spacial score (nSPS) is 11.4. The fraction of sp³-hybridized carbons (Fsp3) is 0.188. The number of carbonyl (C=O) groups excluding carboxylic acids is 1. The Balaban J connectivity index is 2.23. The van der Waals surface area contributed by atoms with Crippen LogP contribution in [-0.4, -0.2) is 12.5 Å². The van der Waals surface area contributed by atoms with Crippen LogP contribution >= 0.6 is 22.6 Å². The van der Waals surface area contributed by atoms with Crippen LogP contribution in [0.3, 0.4) is 0 Å². The van der Waals surface area contributed by atoms with Gasteiger partial charge in [0.05, 0.1) is 12.1 Å². The molecule has 0 fully saturated rings. The van der Waals surface area contributed by atoms with Crippen molar-refractivity contribution in [2.75, 3.05) is 6.54 Å². The van der Waals surface area contributed by atoms with E-state index < -0.39 is 12.1 Å². The second-order valence-corrected chi connectivity index (χ2v) is 5.86. The predicted octanol–water partition coefficient (Wildman–Crippen LogP) is 4.81. The highest BCUT2D eigenvalue weighted by atomic mass is 127. The van der Waals surface area contributed by atoms with Crippen molar-refractivity contribution in [3.63, 3.8) is 0 Å². The van der Waals surface area contributed by atoms with Crippen molar-refractivity contribution in [2.45, 2.75) is 13.0 Å². The molecule has 0 radical (unpaired) electrons. The number of hydrogen-bond donors (Lipinski definition) is 0. The first kappa shape index (κ1) is 16.3. The Morgan fingerprint density at radius 2 is 1.95 bits per heavy atom. The molecule has 2 rings (SSSR count). The highest BCUT2D eigenvalue weighted by molar-refractivity contribution is 14.1. The summed E-state index contributed by atoms with van der Waals surface area (Å²) in [5.41, 5.74) is 10.9. The van der Waals surface area contributed by atoms with Crippen LogP contribution in [-0.2, 0) is 4.74 Å². The molecule has 6 heteroatoms. The molecule has 0 aliphatic heterocycles. The average molecular weight is 407 g/mol. The first-order valence-electron chi connectivity index (χ1n) is 6.64. The molecular formula is C16H14IN3O2. The fourth-order valence-electron chi connectivity index (χ4n) is 1.92. The summed E-state index contributed by atoms with van der Waals surface area (Å²) >= 11 is 2.09. The number of carbonyl (C=O) groups is 1. The quantitative estimate of drug-likeness (QED) is 0.235. The second kappa shape index (κ2) is 7.82. The first-order valence-corrected chi connectivity index (χ1v) is 7.72. The summed E-state index contributed by atoms with van der Waals surface area (Å²) in [4.78, 5) is 15.1. The minimum atomic E-state index is -0.597. The van der Waals surface area contributed by atoms with Gasteiger partial charge in [0.25, 0.3) is 0 Å². The van der Waals surface area contributed by atoms with Crippen molar-refractivity contribution < 1.29 is 9.53 Å². The summed E-state index contributed by atoms with van der Waals surface area (Å²) < 4.78 is 6.35. The van der Waals surface area contributed by atoms with E-state index in [1.165, 1.54) is 0 Å². The molecule has 0 bridgehead atoms. The van der Waals surface area contributed by atoms with Crippen molar-refractivity contribution in [3.8, 4) is 0 Å². The van der Waals surface area contributed by atoms with E-state index >= 15 is 0 Å². The Morgan fingerprint density at radius 1 is 1.27 bits per heavy atom. The topological polar surface area (TPSA) is 75.1 Å². The van der Waals surface area contributed by atoms with Gasteiger partial charge in [-0.3, -0.25) is 0 Å². The van der Waals surface area contributed by atoms with Crippen LogP contribution in [0, 0.1) is 10.5 Å². The Kier molecular flexibility index (Phi) is 5.80. The summed E-state index contributed by atoms with van der Waals surface area (Å²) in [6.45, 7) is 2.04. The van der Waals surface area contributed by atoms with Gasteiger partial charge in [0.2, 0.25) is 0 Å². The summed E-state index contributed by atoms with van der Waals surface area (Å²) in [5.74, 6) is -0.427. The van der Waals surface area contributed by atoms with E-state index in [-0.39, 0.29) is 6.54 Å². The van der Waals surface area contributed by atoms with E-state index in [2.05, 4.69) is 32.6 Å². The molecule has 0 heterocycles. The first-order chi connectivity index (χ1) is 10.6. The van der Waals surface area contributed by atoms with Crippen LogP contribution < -0.4 is 0 Å². The molecule has 1 atom stereocenters. The van der Waals surface area contributed by atoms with Gasteiger partial charge in [-0.25, -0.2) is 4.79 Å². The SMILES string of the molecule is Cc1ccc(C(CN=[N+]=[N-])OC(=O)c2ccccc2I)cc1. The molecule has 22 heavy (non-hydrogen) atoms. The molecular weight excluding hydrogens is 393 g/mol. The molecule has 0 saturated carbocycles. The van der Waals surface area contributed by atoms with E-state index in [0.29, 0.717) is 5.56 Å². The van der Waals surface area contributed by atoms with E-state index in [1.807, 2.05) is 43.3 Å². The van der Waals surface area contributed by atoms with E-state index in [0.717, 1.165) is 14.7 Å². The Labute approximate surface area is 142 Å². The van der Waals surface area contributed by atoms with Gasteiger partial charge in [-0.1, -0.05) is 47.1 Å². The molecule has 0 aliphatic rings. The summed E-state index contributed by atoms with van der Waals surface area (Å²) in [6.07, 6.45) is -0.597. The van der Waals surface area contributed by atoms with Gasteiger partial charge in [-0.2, -0.15) is 0 Å². The van der Waals surface area contributed by atoms with Gasteiger partial charge >= 0.3 is 5.97 Å². The molecule has 1 unspecified atom stereocenters. The second-order valence-electron chi connectivity index (χ2n) is 4.70. The lowest BCUT2D eigenvalue weighted by Crippen LogP contribution is -2.15. The summed E-state index contributed by atoms with van der Waals surface area (Å²) in [6, 6.07) is 14.8. The molecule has 112 valence electrons. The van der Waals surface area contributed by atoms with Gasteiger partial charge < -0.3 is 4.74 Å². The number of benzene rings is 2. The summed E-state index contributed by atoms with van der Waals surface area (Å²) in [7, 11) is 0. The zero-order chi connectivity index (χ0) is 15.9. The van der Waals surface area contributed by atoms with E-state index in [4.69, 9.17) is 10.3 Å². The molecule has 0 aliphatic carbocycles. The van der Waals surface area contributed by atoms with Gasteiger partial charge in [-0.15, -0.1) is 0 Å². The van der Waals surface area contributed by atoms with Crippen LogP contribution in [0.25, 0.3) is 10.4 Å². The van der Waals surface area contributed by atoms with Gasteiger partial charge in [0.15, 0.2) is 0 Å². The maximum absolute atomic E-state index is 12.3. The van der Waals surface area contributed by atoms with Gasteiger partial charge in [0, 0.05) is 8.48 Å². The number of ether oxygens (including phenoxy) is 1. The zero-order valence-corrected chi connectivity index (χ0v) is 14.1. The number of halogens is 1. The third-order valence-electron chi connectivity index (χ3n) is 3.10. The number of esters is 1. The molecule has 2 aromatic rings. The molecule has 0 amide bonds. The van der Waals surface area contributed by atoms with Crippen molar-refractivity contribution in [1.29, 1.82) is 0 Å². The van der Waals surface area contributed by atoms with Crippen LogP contribution in [0.1, 0.15) is 27.6 Å². The Morgan fingerprint density at radius 3 is 2.59 bits per heavy atom. The standard InChI is InChI=1S/C16H14IN3O2/c1-11-6-8-12(9-7-11)15(10-19-20-18)22-16(21)13-4-2-3-5-14(13)17/h2-9,15H,10H2,1H3. The van der Waals surface area contributed by atoms with Crippen molar-refractivity contribution in [1.82, 2.24) is 0 Å². The molecule has 0 N–H and O–H groups in total. The number of hydrogen-bond acceptors (Lipinski definition) is 3. The molecule has 0 spiro atoms. The van der Waals surface area contributed by atoms with Crippen molar-refractivity contribution in [2.24, 2.45) is 5.11 Å². The number of aryl methyl sites for hydroxylation is 1. The van der Waals surface area contributed by atoms with E-state index in [9.17, 15) is 4.79 Å². The average Bonchev–Trinajstić information content (AvgIpc) is 2.52. The number of nitrogens with zero attached hydrogens (tertiary/aromatic N) is 3. The highest BCUT2D eigenvalue weighted by Gasteiger charge is 2.19. The monoisotopic (exact) mass is 407 g/mol. The van der Waals surface area contributed by atoms with Crippen LogP contribution in [0.4, 0.5) is 0 Å². The minimum absolute atomic E-state index is 0.0642. The minimum Gasteiger partial charge on any atom is -0.454 e. The lowest BCUT2D eigenvalue weighted by molar-refractivity contribution is 0.0315. The number of azide groups is 1. The van der Waals surface area contributed by atoms with Crippen LogP contribution in [0.5, 0.6) is 0 Å². The number of rotatable bonds is 5. The smallest absolute Gasteiger partial charge is 0.339 e. The molecule has 5 nitrogen and oxygen atoms in total.